The third-order valence-corrected chi connectivity index (χ3v) is 15.4. The molecule has 4 heteroatoms. The molecule has 12 rings (SSSR count). The predicted molar refractivity (Wildman–Crippen MR) is 341 cm³/mol. The third kappa shape index (κ3) is 11.2. The molecule has 0 amide bonds. The number of allylic oxidation sites excluding steroid dienone is 6. The van der Waals surface area contributed by atoms with E-state index in [0.717, 1.165) is 59.1 Å². The van der Waals surface area contributed by atoms with Gasteiger partial charge in [-0.15, -0.1) is 0 Å². The van der Waals surface area contributed by atoms with E-state index in [1.807, 2.05) is 0 Å². The van der Waals surface area contributed by atoms with Gasteiger partial charge in [-0.05, 0) is 224 Å². The van der Waals surface area contributed by atoms with E-state index < -0.39 is 0 Å². The van der Waals surface area contributed by atoms with E-state index in [1.54, 1.807) is 0 Å². The highest BCUT2D eigenvalue weighted by molar-refractivity contribution is 5.83. The van der Waals surface area contributed by atoms with E-state index in [0.29, 0.717) is 0 Å². The topological polar surface area (TPSA) is 13.0 Å². The van der Waals surface area contributed by atoms with Gasteiger partial charge in [-0.1, -0.05) is 163 Å². The van der Waals surface area contributed by atoms with Crippen LogP contribution in [0.4, 0.5) is 56.9 Å². The highest BCUT2D eigenvalue weighted by Gasteiger charge is 2.23. The predicted octanol–water partition coefficient (Wildman–Crippen LogP) is 21.2. The normalized spacial score (nSPS) is 13.9. The lowest BCUT2D eigenvalue weighted by Crippen LogP contribution is -2.30. The van der Waals surface area contributed by atoms with Crippen molar-refractivity contribution in [3.8, 4) is 22.3 Å². The average Bonchev–Trinajstić information content (AvgIpc) is 3.50. The fourth-order valence-electron chi connectivity index (χ4n) is 11.4. The van der Waals surface area contributed by atoms with Gasteiger partial charge in [0.2, 0.25) is 0 Å². The molecule has 0 aromatic heterocycles. The molecule has 1 atom stereocenters. The van der Waals surface area contributed by atoms with Crippen LogP contribution in [0.15, 0.2) is 296 Å². The van der Waals surface area contributed by atoms with Crippen molar-refractivity contribution in [3.05, 3.63) is 319 Å². The highest BCUT2D eigenvalue weighted by atomic mass is 15.2. The van der Waals surface area contributed by atoms with Crippen molar-refractivity contribution in [1.29, 1.82) is 0 Å². The molecule has 10 aromatic carbocycles. The van der Waals surface area contributed by atoms with Crippen LogP contribution in [0.25, 0.3) is 27.8 Å². The summed E-state index contributed by atoms with van der Waals surface area (Å²) >= 11 is 0. The first-order valence-corrected chi connectivity index (χ1v) is 28.0. The maximum Gasteiger partial charge on any atom is 0.0560 e. The van der Waals surface area contributed by atoms with Gasteiger partial charge in [0.15, 0.2) is 0 Å². The van der Waals surface area contributed by atoms with Gasteiger partial charge in [0.05, 0.1) is 6.04 Å². The van der Waals surface area contributed by atoms with Crippen molar-refractivity contribution in [2.75, 3.05) is 19.6 Å². The lowest BCUT2D eigenvalue weighted by atomic mass is 9.95. The molecular weight excluding hydrogens is 969 g/mol. The molecule has 2 aliphatic rings. The fourth-order valence-corrected chi connectivity index (χ4v) is 11.4. The zero-order valence-corrected chi connectivity index (χ0v) is 46.1. The van der Waals surface area contributed by atoms with Crippen LogP contribution in [-0.2, 0) is 0 Å². The van der Waals surface area contributed by atoms with Gasteiger partial charge in [-0.2, -0.15) is 0 Å². The minimum atomic E-state index is 0.147. The van der Waals surface area contributed by atoms with Crippen LogP contribution >= 0.6 is 0 Å². The summed E-state index contributed by atoms with van der Waals surface area (Å²) in [5, 5.41) is 0. The zero-order chi connectivity index (χ0) is 54.4. The van der Waals surface area contributed by atoms with Crippen LogP contribution in [0.2, 0.25) is 0 Å². The minimum Gasteiger partial charge on any atom is -0.334 e. The van der Waals surface area contributed by atoms with Gasteiger partial charge in [0, 0.05) is 62.6 Å². The van der Waals surface area contributed by atoms with Crippen LogP contribution in [-0.4, -0.2) is 6.04 Å². The maximum absolute atomic E-state index is 2.47. The largest absolute Gasteiger partial charge is 0.334 e. The molecule has 0 bridgehead atoms. The molecule has 0 saturated heterocycles. The maximum atomic E-state index is 2.47. The Bertz CT molecular complexity index is 3830. The van der Waals surface area contributed by atoms with Crippen LogP contribution in [0.3, 0.4) is 0 Å². The number of anilines is 10. The molecule has 4 nitrogen and oxygen atoms in total. The second-order valence-electron chi connectivity index (χ2n) is 21.2. The van der Waals surface area contributed by atoms with Crippen molar-refractivity contribution in [2.45, 2.75) is 53.0 Å². The lowest BCUT2D eigenvalue weighted by molar-refractivity contribution is 0.787. The van der Waals surface area contributed by atoms with E-state index in [2.05, 4.69) is 332 Å². The summed E-state index contributed by atoms with van der Waals surface area (Å²) < 4.78 is 0. The number of rotatable bonds is 15. The Morgan fingerprint density at radius 2 is 0.688 bits per heavy atom. The molecule has 10 aromatic rings. The second kappa shape index (κ2) is 23.1. The van der Waals surface area contributed by atoms with Gasteiger partial charge in [0.25, 0.3) is 0 Å². The van der Waals surface area contributed by atoms with Crippen LogP contribution in [0.1, 0.15) is 48.4 Å². The molecule has 0 N–H and O–H groups in total. The monoisotopic (exact) mass is 1030 g/mol. The minimum absolute atomic E-state index is 0.147. The van der Waals surface area contributed by atoms with E-state index in [1.165, 1.54) is 78.4 Å². The third-order valence-electron chi connectivity index (χ3n) is 15.4. The molecule has 0 aliphatic heterocycles. The van der Waals surface area contributed by atoms with Gasteiger partial charge >= 0.3 is 0 Å². The smallest absolute Gasteiger partial charge is 0.0560 e. The Balaban J connectivity index is 0.757. The molecule has 0 saturated carbocycles. The SMILES string of the molecule is CC1=CCCC(N(c2ccc(-c3ccc(N(c4ccccc4)c4ccc(-c5ccc(N(c6ccccc6)C6C=CC(c7ccc(N(c8cccc(C)c8)c8cccc(C)c8)cc7)=CC6)cc5)cc4)cc3)cc2)c2cccc(C)c2)=C1. The Morgan fingerprint density at radius 1 is 0.325 bits per heavy atom. The van der Waals surface area contributed by atoms with Crippen molar-refractivity contribution >= 4 is 62.4 Å². The van der Waals surface area contributed by atoms with Crippen molar-refractivity contribution < 1.29 is 0 Å². The van der Waals surface area contributed by atoms with E-state index in [4.69, 9.17) is 0 Å². The molecule has 0 radical (unpaired) electrons. The van der Waals surface area contributed by atoms with Crippen LogP contribution in [0, 0.1) is 20.8 Å². The Hall–Kier alpha value is -9.64. The first-order valence-electron chi connectivity index (χ1n) is 28.0. The molecule has 2 aliphatic carbocycles. The Morgan fingerprint density at radius 3 is 1.11 bits per heavy atom. The van der Waals surface area contributed by atoms with Gasteiger partial charge in [0.1, 0.15) is 0 Å². The summed E-state index contributed by atoms with van der Waals surface area (Å²) in [6.07, 6.45) is 14.7. The molecule has 0 spiro atoms. The summed E-state index contributed by atoms with van der Waals surface area (Å²) in [6.45, 7) is 8.67. The average molecular weight is 1040 g/mol. The van der Waals surface area contributed by atoms with E-state index >= 15 is 0 Å². The fraction of sp³-hybridized carbons (Fsp3) is 0.105. The Kier molecular flexibility index (Phi) is 14.8. The first kappa shape index (κ1) is 51.1. The van der Waals surface area contributed by atoms with E-state index in [9.17, 15) is 0 Å². The number of hydrogen-bond donors (Lipinski definition) is 0. The second-order valence-corrected chi connectivity index (χ2v) is 21.2. The van der Waals surface area contributed by atoms with Gasteiger partial charge in [-0.3, -0.25) is 0 Å². The standard InChI is InChI=1S/C76H66N4/c1-55-15-11-23-73(51-55)79(74-24-12-16-56(2)52-74)71-47-35-63(36-48-71)61-31-43-69(44-32-61)77(65-19-7-5-8-20-65)67-39-27-59(28-40-67)60-29-41-68(42-30-60)78(66-21-9-6-10-22-66)70-45-33-62(34-46-70)64-37-49-72(50-38-64)80(75-25-13-17-57(3)53-75)76-26-14-18-58(4)54-76/h5-13,15-25,27-43,45-54,69H,14,26,44H2,1-4H3. The summed E-state index contributed by atoms with van der Waals surface area (Å²) in [7, 11) is 0. The lowest BCUT2D eigenvalue weighted by Gasteiger charge is -2.33. The number of para-hydroxylation sites is 2. The quantitative estimate of drug-likeness (QED) is 0.101. The molecule has 390 valence electrons. The number of hydrogen-bond acceptors (Lipinski definition) is 4. The van der Waals surface area contributed by atoms with Crippen LogP contribution < -0.4 is 19.6 Å². The molecule has 1 unspecified atom stereocenters. The Labute approximate surface area is 473 Å². The summed E-state index contributed by atoms with van der Waals surface area (Å²) in [5.74, 6) is 0. The number of benzene rings is 10. The molecule has 80 heavy (non-hydrogen) atoms. The molecule has 0 heterocycles. The summed E-state index contributed by atoms with van der Waals surface area (Å²) in [6, 6.07) is 93.0. The summed E-state index contributed by atoms with van der Waals surface area (Å²) in [5.41, 5.74) is 25.0. The van der Waals surface area contributed by atoms with Gasteiger partial charge in [-0.25, -0.2) is 0 Å². The van der Waals surface area contributed by atoms with Gasteiger partial charge < -0.3 is 19.6 Å². The molecule has 0 fully saturated rings. The zero-order valence-electron chi connectivity index (χ0n) is 46.1. The van der Waals surface area contributed by atoms with Crippen molar-refractivity contribution in [3.63, 3.8) is 0 Å². The van der Waals surface area contributed by atoms with E-state index in [-0.39, 0.29) is 6.04 Å². The van der Waals surface area contributed by atoms with Crippen molar-refractivity contribution in [1.82, 2.24) is 0 Å². The number of nitrogens with zero attached hydrogens (tertiary/aromatic N) is 4. The highest BCUT2D eigenvalue weighted by Crippen LogP contribution is 2.41. The first-order chi connectivity index (χ1) is 39.3. The summed E-state index contributed by atoms with van der Waals surface area (Å²) in [4.78, 5) is 9.57. The van der Waals surface area contributed by atoms with Crippen molar-refractivity contribution in [2.24, 2.45) is 0 Å². The number of aryl methyl sites for hydroxylation is 3. The molecular formula is C76H66N4. The van der Waals surface area contributed by atoms with Crippen LogP contribution in [0.5, 0.6) is 0 Å².